The zero-order valence-corrected chi connectivity index (χ0v) is 11.5. The summed E-state index contributed by atoms with van der Waals surface area (Å²) in [6.45, 7) is 2.62. The first-order valence-electron chi connectivity index (χ1n) is 6.18. The summed E-state index contributed by atoms with van der Waals surface area (Å²) in [5.41, 5.74) is 5.63. The van der Waals surface area contributed by atoms with Crippen LogP contribution < -0.4 is 10.5 Å². The molecule has 6 heteroatoms. The van der Waals surface area contributed by atoms with Gasteiger partial charge in [0.1, 0.15) is 17.7 Å². The minimum atomic E-state index is -0.254. The molecule has 0 aliphatic carbocycles. The van der Waals surface area contributed by atoms with Crippen LogP contribution >= 0.6 is 12.4 Å². The van der Waals surface area contributed by atoms with Gasteiger partial charge in [0.15, 0.2) is 0 Å². The maximum Gasteiger partial charge on any atom is 0.124 e. The molecule has 1 atom stereocenters. The summed E-state index contributed by atoms with van der Waals surface area (Å²) in [4.78, 5) is 2.23. The van der Waals surface area contributed by atoms with Crippen molar-refractivity contribution in [1.29, 1.82) is 0 Å². The summed E-state index contributed by atoms with van der Waals surface area (Å²) in [7, 11) is 0. The molecule has 1 heterocycles. The van der Waals surface area contributed by atoms with E-state index in [2.05, 4.69) is 4.90 Å². The fourth-order valence-corrected chi connectivity index (χ4v) is 1.92. The lowest BCUT2D eigenvalue weighted by Crippen LogP contribution is -2.54. The SMILES string of the molecule is Cl.N[C@H](CO)CCN1CC(Oc2ccc(F)cc2)C1. The highest BCUT2D eigenvalue weighted by molar-refractivity contribution is 5.85. The van der Waals surface area contributed by atoms with Crippen molar-refractivity contribution < 1.29 is 14.2 Å². The van der Waals surface area contributed by atoms with Crippen LogP contribution in [0.4, 0.5) is 4.39 Å². The molecule has 0 saturated carbocycles. The van der Waals surface area contributed by atoms with E-state index in [1.165, 1.54) is 12.1 Å². The van der Waals surface area contributed by atoms with Crippen LogP contribution in [0.15, 0.2) is 24.3 Å². The third-order valence-corrected chi connectivity index (χ3v) is 3.09. The molecule has 0 radical (unpaired) electrons. The molecule has 1 aliphatic rings. The number of nitrogens with zero attached hydrogens (tertiary/aromatic N) is 1. The van der Waals surface area contributed by atoms with Crippen molar-refractivity contribution in [2.45, 2.75) is 18.6 Å². The van der Waals surface area contributed by atoms with E-state index in [1.54, 1.807) is 12.1 Å². The summed E-state index contributed by atoms with van der Waals surface area (Å²) >= 11 is 0. The summed E-state index contributed by atoms with van der Waals surface area (Å²) in [5.74, 6) is 0.448. The molecule has 2 rings (SSSR count). The predicted molar refractivity (Wildman–Crippen MR) is 74.2 cm³/mol. The van der Waals surface area contributed by atoms with Gasteiger partial charge < -0.3 is 15.6 Å². The quantitative estimate of drug-likeness (QED) is 0.821. The molecule has 1 aromatic carbocycles. The highest BCUT2D eigenvalue weighted by atomic mass is 35.5. The van der Waals surface area contributed by atoms with Gasteiger partial charge in [-0.1, -0.05) is 0 Å². The first kappa shape index (κ1) is 16.2. The molecule has 0 aromatic heterocycles. The molecular weight excluding hydrogens is 271 g/mol. The molecule has 108 valence electrons. The van der Waals surface area contributed by atoms with Gasteiger partial charge in [-0.05, 0) is 30.7 Å². The normalized spacial score (nSPS) is 17.4. The first-order chi connectivity index (χ1) is 8.67. The molecule has 4 nitrogen and oxygen atoms in total. The molecule has 1 aromatic rings. The summed E-state index contributed by atoms with van der Waals surface area (Å²) in [5, 5.41) is 8.81. The van der Waals surface area contributed by atoms with E-state index in [1.807, 2.05) is 0 Å². The second-order valence-electron chi connectivity index (χ2n) is 4.68. The zero-order valence-electron chi connectivity index (χ0n) is 10.7. The van der Waals surface area contributed by atoms with Gasteiger partial charge in [-0.25, -0.2) is 4.39 Å². The summed E-state index contributed by atoms with van der Waals surface area (Å²) < 4.78 is 18.4. The monoisotopic (exact) mass is 290 g/mol. The van der Waals surface area contributed by atoms with Crippen molar-refractivity contribution in [3.05, 3.63) is 30.1 Å². The number of ether oxygens (including phenoxy) is 1. The Bertz CT molecular complexity index is 371. The van der Waals surface area contributed by atoms with Crippen LogP contribution in [0.5, 0.6) is 5.75 Å². The fourth-order valence-electron chi connectivity index (χ4n) is 1.92. The number of rotatable bonds is 6. The molecule has 0 amide bonds. The van der Waals surface area contributed by atoms with Crippen LogP contribution in [0.3, 0.4) is 0 Å². The van der Waals surface area contributed by atoms with Crippen molar-refractivity contribution in [3.63, 3.8) is 0 Å². The minimum Gasteiger partial charge on any atom is -0.488 e. The van der Waals surface area contributed by atoms with E-state index < -0.39 is 0 Å². The van der Waals surface area contributed by atoms with Gasteiger partial charge in [-0.2, -0.15) is 0 Å². The minimum absolute atomic E-state index is 0. The molecule has 1 saturated heterocycles. The van der Waals surface area contributed by atoms with E-state index in [9.17, 15) is 4.39 Å². The Labute approximate surface area is 118 Å². The third kappa shape index (κ3) is 4.95. The van der Waals surface area contributed by atoms with Crippen LogP contribution in [0.1, 0.15) is 6.42 Å². The van der Waals surface area contributed by atoms with Gasteiger partial charge in [0.05, 0.1) is 6.61 Å². The molecular formula is C13H20ClFN2O2. The number of nitrogens with two attached hydrogens (primary N) is 1. The molecule has 0 unspecified atom stereocenters. The Morgan fingerprint density at radius 1 is 1.37 bits per heavy atom. The fraction of sp³-hybridized carbons (Fsp3) is 0.538. The number of aliphatic hydroxyl groups excluding tert-OH is 1. The smallest absolute Gasteiger partial charge is 0.124 e. The molecule has 0 spiro atoms. The van der Waals surface area contributed by atoms with Gasteiger partial charge in [0, 0.05) is 25.7 Å². The maximum atomic E-state index is 12.7. The van der Waals surface area contributed by atoms with Gasteiger partial charge in [-0.15, -0.1) is 12.4 Å². The van der Waals surface area contributed by atoms with Crippen LogP contribution in [-0.4, -0.2) is 48.4 Å². The van der Waals surface area contributed by atoms with E-state index in [4.69, 9.17) is 15.6 Å². The lowest BCUT2D eigenvalue weighted by atomic mass is 10.1. The van der Waals surface area contributed by atoms with Crippen molar-refractivity contribution in [3.8, 4) is 5.75 Å². The molecule has 1 aliphatic heterocycles. The lowest BCUT2D eigenvalue weighted by molar-refractivity contribution is 0.0174. The predicted octanol–water partition coefficient (Wildman–Crippen LogP) is 1.02. The topological polar surface area (TPSA) is 58.7 Å². The van der Waals surface area contributed by atoms with Crippen molar-refractivity contribution >= 4 is 12.4 Å². The Hall–Kier alpha value is -0.880. The highest BCUT2D eigenvalue weighted by Gasteiger charge is 2.28. The average molecular weight is 291 g/mol. The standard InChI is InChI=1S/C13H19FN2O2.ClH/c14-10-1-3-12(4-2-10)18-13-7-16(8-13)6-5-11(15)9-17;/h1-4,11,13,17H,5-9,15H2;1H/t11-;/m0./s1. The zero-order chi connectivity index (χ0) is 13.0. The molecule has 0 bridgehead atoms. The second-order valence-corrected chi connectivity index (χ2v) is 4.68. The van der Waals surface area contributed by atoms with E-state index in [0.29, 0.717) is 5.75 Å². The largest absolute Gasteiger partial charge is 0.488 e. The van der Waals surface area contributed by atoms with Crippen LogP contribution in [0.2, 0.25) is 0 Å². The Morgan fingerprint density at radius 3 is 2.58 bits per heavy atom. The summed E-state index contributed by atoms with van der Waals surface area (Å²) in [6.07, 6.45) is 0.959. The molecule has 1 fully saturated rings. The van der Waals surface area contributed by atoms with Gasteiger partial charge in [0.25, 0.3) is 0 Å². The number of halogens is 2. The van der Waals surface area contributed by atoms with E-state index >= 15 is 0 Å². The van der Waals surface area contributed by atoms with Crippen molar-refractivity contribution in [2.24, 2.45) is 5.73 Å². The Balaban J connectivity index is 0.00000180. The molecule has 3 N–H and O–H groups in total. The average Bonchev–Trinajstić information content (AvgIpc) is 2.33. The third-order valence-electron chi connectivity index (χ3n) is 3.09. The van der Waals surface area contributed by atoms with E-state index in [0.717, 1.165) is 26.1 Å². The van der Waals surface area contributed by atoms with E-state index in [-0.39, 0.29) is 37.0 Å². The van der Waals surface area contributed by atoms with Gasteiger partial charge in [-0.3, -0.25) is 4.90 Å². The number of hydrogen-bond donors (Lipinski definition) is 2. The van der Waals surface area contributed by atoms with Crippen molar-refractivity contribution in [2.75, 3.05) is 26.2 Å². The number of likely N-dealkylation sites (tertiary alicyclic amines) is 1. The highest BCUT2D eigenvalue weighted by Crippen LogP contribution is 2.18. The number of benzene rings is 1. The lowest BCUT2D eigenvalue weighted by Gasteiger charge is -2.39. The van der Waals surface area contributed by atoms with Gasteiger partial charge >= 0.3 is 0 Å². The summed E-state index contributed by atoms with van der Waals surface area (Å²) in [6, 6.07) is 5.93. The number of aliphatic hydroxyl groups is 1. The maximum absolute atomic E-state index is 12.7. The second kappa shape index (κ2) is 7.65. The first-order valence-corrected chi connectivity index (χ1v) is 6.18. The van der Waals surface area contributed by atoms with Crippen LogP contribution in [0, 0.1) is 5.82 Å². The van der Waals surface area contributed by atoms with Crippen LogP contribution in [0.25, 0.3) is 0 Å². The number of hydrogen-bond acceptors (Lipinski definition) is 4. The Morgan fingerprint density at radius 2 is 2.00 bits per heavy atom. The van der Waals surface area contributed by atoms with Crippen molar-refractivity contribution in [1.82, 2.24) is 4.90 Å². The Kier molecular flexibility index (Phi) is 6.51. The van der Waals surface area contributed by atoms with Gasteiger partial charge in [0.2, 0.25) is 0 Å². The molecule has 19 heavy (non-hydrogen) atoms. The van der Waals surface area contributed by atoms with Crippen LogP contribution in [-0.2, 0) is 0 Å².